The lowest BCUT2D eigenvalue weighted by Crippen LogP contribution is -2.11. The molecule has 1 fully saturated rings. The number of rotatable bonds is 1. The molecule has 1 aromatic carbocycles. The lowest BCUT2D eigenvalue weighted by molar-refractivity contribution is 0.577. The molecule has 15 heavy (non-hydrogen) atoms. The van der Waals surface area contributed by atoms with Gasteiger partial charge in [-0.2, -0.15) is 0 Å². The summed E-state index contributed by atoms with van der Waals surface area (Å²) < 4.78 is 15.1. The van der Waals surface area contributed by atoms with E-state index >= 15 is 0 Å². The molecule has 0 saturated carbocycles. The Balaban J connectivity index is 2.52. The highest BCUT2D eigenvalue weighted by molar-refractivity contribution is 9.10. The van der Waals surface area contributed by atoms with E-state index in [-0.39, 0.29) is 5.82 Å². The maximum Gasteiger partial charge on any atom is 0.129 e. The molecule has 1 aliphatic heterocycles. The summed E-state index contributed by atoms with van der Waals surface area (Å²) in [4.78, 5) is 0. The van der Waals surface area contributed by atoms with Gasteiger partial charge in [-0.15, -0.1) is 0 Å². The summed E-state index contributed by atoms with van der Waals surface area (Å²) in [6.07, 6.45) is 1.04. The Morgan fingerprint density at radius 3 is 2.80 bits per heavy atom. The molecule has 1 saturated heterocycles. The molecule has 2 rings (SSSR count). The van der Waals surface area contributed by atoms with Gasteiger partial charge in [-0.1, -0.05) is 15.9 Å². The van der Waals surface area contributed by atoms with Crippen molar-refractivity contribution < 1.29 is 4.39 Å². The summed E-state index contributed by atoms with van der Waals surface area (Å²) in [6.45, 7) is 5.70. The van der Waals surface area contributed by atoms with Gasteiger partial charge in [0.05, 0.1) is 0 Å². The van der Waals surface area contributed by atoms with Gasteiger partial charge in [-0.05, 0) is 49.6 Å². The molecule has 0 aliphatic carbocycles. The van der Waals surface area contributed by atoms with Gasteiger partial charge in [0.1, 0.15) is 5.82 Å². The molecule has 82 valence electrons. The third kappa shape index (κ3) is 1.95. The number of halogens is 2. The summed E-state index contributed by atoms with van der Waals surface area (Å²) in [7, 11) is 0. The second kappa shape index (κ2) is 4.22. The van der Waals surface area contributed by atoms with Crippen LogP contribution in [-0.4, -0.2) is 13.1 Å². The fourth-order valence-corrected chi connectivity index (χ4v) is 2.81. The Labute approximate surface area is 98.2 Å². The average Bonchev–Trinajstić information content (AvgIpc) is 2.69. The fraction of sp³-hybridized carbons (Fsp3) is 0.500. The van der Waals surface area contributed by atoms with Crippen LogP contribution < -0.4 is 5.32 Å². The molecule has 0 radical (unpaired) electrons. The lowest BCUT2D eigenvalue weighted by Gasteiger charge is -2.16. The summed E-state index contributed by atoms with van der Waals surface area (Å²) >= 11 is 3.49. The van der Waals surface area contributed by atoms with Crippen LogP contribution in [0.3, 0.4) is 0 Å². The van der Waals surface area contributed by atoms with E-state index in [4.69, 9.17) is 0 Å². The summed E-state index contributed by atoms with van der Waals surface area (Å²) in [6, 6.07) is 1.86. The van der Waals surface area contributed by atoms with Gasteiger partial charge in [-0.3, -0.25) is 0 Å². The monoisotopic (exact) mass is 271 g/mol. The van der Waals surface area contributed by atoms with Crippen molar-refractivity contribution in [2.75, 3.05) is 13.1 Å². The summed E-state index contributed by atoms with van der Waals surface area (Å²) in [5.41, 5.74) is 2.67. The van der Waals surface area contributed by atoms with E-state index in [1.165, 1.54) is 0 Å². The third-order valence-corrected chi connectivity index (χ3v) is 3.98. The third-order valence-electron chi connectivity index (χ3n) is 3.16. The SMILES string of the molecule is Cc1cc(Br)c(C)c(C2CCNC2)c1F. The van der Waals surface area contributed by atoms with Crippen molar-refractivity contribution in [3.63, 3.8) is 0 Å². The molecule has 3 heteroatoms. The zero-order chi connectivity index (χ0) is 11.0. The molecule has 1 unspecified atom stereocenters. The first kappa shape index (κ1) is 11.1. The first-order valence-corrected chi connectivity index (χ1v) is 6.06. The topological polar surface area (TPSA) is 12.0 Å². The zero-order valence-electron chi connectivity index (χ0n) is 9.03. The van der Waals surface area contributed by atoms with Crippen molar-refractivity contribution in [2.24, 2.45) is 0 Å². The second-order valence-corrected chi connectivity index (χ2v) is 5.07. The molecule has 0 spiro atoms. The molecule has 1 nitrogen and oxygen atoms in total. The van der Waals surface area contributed by atoms with Crippen molar-refractivity contribution >= 4 is 15.9 Å². The van der Waals surface area contributed by atoms with Crippen LogP contribution in [0.1, 0.15) is 29.0 Å². The number of benzene rings is 1. The highest BCUT2D eigenvalue weighted by Crippen LogP contribution is 2.33. The van der Waals surface area contributed by atoms with Gasteiger partial charge < -0.3 is 5.32 Å². The van der Waals surface area contributed by atoms with Crippen LogP contribution in [0.5, 0.6) is 0 Å². The van der Waals surface area contributed by atoms with E-state index in [1.807, 2.05) is 19.9 Å². The molecule has 0 amide bonds. The van der Waals surface area contributed by atoms with E-state index in [9.17, 15) is 4.39 Å². The van der Waals surface area contributed by atoms with Crippen LogP contribution in [0.25, 0.3) is 0 Å². The van der Waals surface area contributed by atoms with Crippen LogP contribution >= 0.6 is 15.9 Å². The fourth-order valence-electron chi connectivity index (χ4n) is 2.25. The molecule has 1 heterocycles. The molecule has 0 bridgehead atoms. The highest BCUT2D eigenvalue weighted by Gasteiger charge is 2.23. The molecule has 1 N–H and O–H groups in total. The summed E-state index contributed by atoms with van der Waals surface area (Å²) in [5.74, 6) is 0.311. The standard InChI is InChI=1S/C12H15BrFN/c1-7-5-10(13)8(2)11(12(7)14)9-3-4-15-6-9/h5,9,15H,3-4,6H2,1-2H3. The Bertz CT molecular complexity index is 357. The maximum atomic E-state index is 14.0. The molecule has 0 aromatic heterocycles. The highest BCUT2D eigenvalue weighted by atomic mass is 79.9. The molecular weight excluding hydrogens is 257 g/mol. The molecule has 1 aliphatic rings. The minimum atomic E-state index is -0.0237. The normalized spacial score (nSPS) is 20.9. The predicted octanol–water partition coefficient (Wildman–Crippen LogP) is 3.28. The number of nitrogens with one attached hydrogen (secondary N) is 1. The predicted molar refractivity (Wildman–Crippen MR) is 63.8 cm³/mol. The van der Waals surface area contributed by atoms with E-state index in [0.717, 1.165) is 40.7 Å². The number of aryl methyl sites for hydroxylation is 1. The number of hydrogen-bond acceptors (Lipinski definition) is 1. The van der Waals surface area contributed by atoms with Crippen molar-refractivity contribution in [1.29, 1.82) is 0 Å². The van der Waals surface area contributed by atoms with Gasteiger partial charge in [0.25, 0.3) is 0 Å². The van der Waals surface area contributed by atoms with Crippen LogP contribution in [0.15, 0.2) is 10.5 Å². The first-order chi connectivity index (χ1) is 7.11. The van der Waals surface area contributed by atoms with Crippen molar-refractivity contribution in [2.45, 2.75) is 26.2 Å². The van der Waals surface area contributed by atoms with Gasteiger partial charge >= 0.3 is 0 Å². The van der Waals surface area contributed by atoms with Gasteiger partial charge in [-0.25, -0.2) is 4.39 Å². The zero-order valence-corrected chi connectivity index (χ0v) is 10.6. The van der Waals surface area contributed by atoms with Crippen LogP contribution in [0.2, 0.25) is 0 Å². The van der Waals surface area contributed by atoms with E-state index < -0.39 is 0 Å². The van der Waals surface area contributed by atoms with Crippen LogP contribution in [-0.2, 0) is 0 Å². The van der Waals surface area contributed by atoms with Crippen LogP contribution in [0.4, 0.5) is 4.39 Å². The van der Waals surface area contributed by atoms with Crippen molar-refractivity contribution in [3.05, 3.63) is 33.0 Å². The first-order valence-electron chi connectivity index (χ1n) is 5.27. The van der Waals surface area contributed by atoms with Crippen LogP contribution in [0, 0.1) is 19.7 Å². The summed E-state index contributed by atoms with van der Waals surface area (Å²) in [5, 5.41) is 3.28. The second-order valence-electron chi connectivity index (χ2n) is 4.22. The largest absolute Gasteiger partial charge is 0.316 e. The molecule has 1 aromatic rings. The van der Waals surface area contributed by atoms with E-state index in [2.05, 4.69) is 21.2 Å². The minimum absolute atomic E-state index is 0.0237. The average molecular weight is 272 g/mol. The van der Waals surface area contributed by atoms with Gasteiger partial charge in [0.2, 0.25) is 0 Å². The smallest absolute Gasteiger partial charge is 0.129 e. The Kier molecular flexibility index (Phi) is 3.12. The quantitative estimate of drug-likeness (QED) is 0.827. The minimum Gasteiger partial charge on any atom is -0.316 e. The van der Waals surface area contributed by atoms with E-state index in [1.54, 1.807) is 0 Å². The number of hydrogen-bond donors (Lipinski definition) is 1. The lowest BCUT2D eigenvalue weighted by atomic mass is 9.92. The van der Waals surface area contributed by atoms with Crippen molar-refractivity contribution in [3.8, 4) is 0 Å². The van der Waals surface area contributed by atoms with Gasteiger partial charge in [0, 0.05) is 16.9 Å². The van der Waals surface area contributed by atoms with Crippen molar-refractivity contribution in [1.82, 2.24) is 5.32 Å². The molecular formula is C12H15BrFN. The Hall–Kier alpha value is -0.410. The molecule has 1 atom stereocenters. The Morgan fingerprint density at radius 1 is 1.47 bits per heavy atom. The Morgan fingerprint density at radius 2 is 2.20 bits per heavy atom. The maximum absolute atomic E-state index is 14.0. The van der Waals surface area contributed by atoms with E-state index in [0.29, 0.717) is 5.92 Å². The van der Waals surface area contributed by atoms with Gasteiger partial charge in [0.15, 0.2) is 0 Å².